The molecule has 0 aromatic carbocycles. The van der Waals surface area contributed by atoms with Crippen molar-refractivity contribution in [2.75, 3.05) is 14.2 Å². The highest BCUT2D eigenvalue weighted by molar-refractivity contribution is 9.10. The molecule has 1 aliphatic rings. The van der Waals surface area contributed by atoms with E-state index in [1.165, 1.54) is 0 Å². The molecule has 0 saturated heterocycles. The van der Waals surface area contributed by atoms with Crippen LogP contribution >= 0.6 is 15.9 Å². The third-order valence-electron chi connectivity index (χ3n) is 2.85. The third kappa shape index (κ3) is 1.39. The highest BCUT2D eigenvalue weighted by Crippen LogP contribution is 2.45. The Labute approximate surface area is 91.3 Å². The van der Waals surface area contributed by atoms with Crippen LogP contribution in [0, 0.1) is 0 Å². The molecule has 78 valence electrons. The Kier molecular flexibility index (Phi) is 2.64. The summed E-state index contributed by atoms with van der Waals surface area (Å²) in [5, 5.41) is 4.24. The van der Waals surface area contributed by atoms with Gasteiger partial charge < -0.3 is 9.47 Å². The molecule has 5 heteroatoms. The van der Waals surface area contributed by atoms with Gasteiger partial charge in [0.25, 0.3) is 0 Å². The van der Waals surface area contributed by atoms with Crippen LogP contribution in [0.15, 0.2) is 16.9 Å². The summed E-state index contributed by atoms with van der Waals surface area (Å²) in [4.78, 5) is 0. The monoisotopic (exact) mass is 260 g/mol. The predicted molar refractivity (Wildman–Crippen MR) is 54.9 cm³/mol. The normalized spacial score (nSPS) is 24.6. The lowest BCUT2D eigenvalue weighted by Gasteiger charge is -2.46. The molecule has 4 nitrogen and oxygen atoms in total. The van der Waals surface area contributed by atoms with Crippen LogP contribution in [0.2, 0.25) is 0 Å². The maximum Gasteiger partial charge on any atom is 0.190 e. The van der Waals surface area contributed by atoms with Gasteiger partial charge in [-0.3, -0.25) is 4.68 Å². The van der Waals surface area contributed by atoms with E-state index in [0.717, 1.165) is 17.3 Å². The molecule has 1 aromatic heterocycles. The molecule has 1 fully saturated rings. The Morgan fingerprint density at radius 1 is 1.57 bits per heavy atom. The maximum absolute atomic E-state index is 5.40. The van der Waals surface area contributed by atoms with Crippen LogP contribution < -0.4 is 0 Å². The fourth-order valence-electron chi connectivity index (χ4n) is 1.89. The largest absolute Gasteiger partial charge is 0.351 e. The quantitative estimate of drug-likeness (QED) is 0.780. The first-order chi connectivity index (χ1) is 6.72. The van der Waals surface area contributed by atoms with Gasteiger partial charge in [-0.2, -0.15) is 5.10 Å². The molecule has 0 radical (unpaired) electrons. The Morgan fingerprint density at radius 3 is 2.64 bits per heavy atom. The molecule has 0 aliphatic heterocycles. The molecule has 1 unspecified atom stereocenters. The van der Waals surface area contributed by atoms with Crippen LogP contribution in [-0.4, -0.2) is 29.8 Å². The summed E-state index contributed by atoms with van der Waals surface area (Å²) in [5.41, 5.74) is 0. The van der Waals surface area contributed by atoms with Crippen LogP contribution in [-0.2, 0) is 9.47 Å². The Balaban J connectivity index is 2.20. The van der Waals surface area contributed by atoms with E-state index >= 15 is 0 Å². The molecule has 14 heavy (non-hydrogen) atoms. The van der Waals surface area contributed by atoms with E-state index in [2.05, 4.69) is 21.0 Å². The van der Waals surface area contributed by atoms with E-state index in [9.17, 15) is 0 Å². The lowest BCUT2D eigenvalue weighted by molar-refractivity contribution is -0.281. The fourth-order valence-corrected chi connectivity index (χ4v) is 2.19. The molecular weight excluding hydrogens is 248 g/mol. The summed E-state index contributed by atoms with van der Waals surface area (Å²) in [5.74, 6) is -0.481. The molecule has 1 saturated carbocycles. The topological polar surface area (TPSA) is 36.3 Å². The Hall–Kier alpha value is -0.390. The number of hydrogen-bond donors (Lipinski definition) is 0. The minimum atomic E-state index is -0.481. The van der Waals surface area contributed by atoms with E-state index in [1.54, 1.807) is 20.4 Å². The standard InChI is InChI=1S/C9H13BrN2O2/c1-13-9(14-2)4-3-8(9)12-6-7(10)5-11-12/h5-6,8H,3-4H2,1-2H3. The molecule has 0 N–H and O–H groups in total. The van der Waals surface area contributed by atoms with Crippen molar-refractivity contribution in [2.45, 2.75) is 24.7 Å². The van der Waals surface area contributed by atoms with E-state index in [4.69, 9.17) is 9.47 Å². The van der Waals surface area contributed by atoms with E-state index < -0.39 is 5.79 Å². The number of halogens is 1. The van der Waals surface area contributed by atoms with Gasteiger partial charge >= 0.3 is 0 Å². The fraction of sp³-hybridized carbons (Fsp3) is 0.667. The average molecular weight is 261 g/mol. The summed E-state index contributed by atoms with van der Waals surface area (Å²) in [6.07, 6.45) is 5.67. The molecule has 1 atom stereocenters. The van der Waals surface area contributed by atoms with Gasteiger partial charge in [-0.25, -0.2) is 0 Å². The number of methoxy groups -OCH3 is 2. The van der Waals surface area contributed by atoms with Crippen LogP contribution in [0.1, 0.15) is 18.9 Å². The van der Waals surface area contributed by atoms with Crippen molar-refractivity contribution >= 4 is 15.9 Å². The second-order valence-electron chi connectivity index (χ2n) is 3.41. The molecule has 1 aromatic rings. The smallest absolute Gasteiger partial charge is 0.190 e. The lowest BCUT2D eigenvalue weighted by atomic mass is 9.84. The molecule has 0 bridgehead atoms. The first-order valence-corrected chi connectivity index (χ1v) is 5.31. The summed E-state index contributed by atoms with van der Waals surface area (Å²) < 4.78 is 13.7. The predicted octanol–water partition coefficient (Wildman–Crippen LogP) is 1.97. The van der Waals surface area contributed by atoms with Crippen LogP contribution in [0.5, 0.6) is 0 Å². The number of nitrogens with zero attached hydrogens (tertiary/aromatic N) is 2. The summed E-state index contributed by atoms with van der Waals surface area (Å²) >= 11 is 3.37. The van der Waals surface area contributed by atoms with Gasteiger partial charge in [0, 0.05) is 26.8 Å². The van der Waals surface area contributed by atoms with Crippen LogP contribution in [0.3, 0.4) is 0 Å². The zero-order chi connectivity index (χ0) is 10.2. The number of hydrogen-bond acceptors (Lipinski definition) is 3. The number of rotatable bonds is 3. The van der Waals surface area contributed by atoms with Gasteiger partial charge in [0.2, 0.25) is 0 Å². The van der Waals surface area contributed by atoms with Gasteiger partial charge in [-0.15, -0.1) is 0 Å². The lowest BCUT2D eigenvalue weighted by Crippen LogP contribution is -2.51. The zero-order valence-corrected chi connectivity index (χ0v) is 9.82. The highest BCUT2D eigenvalue weighted by atomic mass is 79.9. The SMILES string of the molecule is COC1(OC)CCC1n1cc(Br)cn1. The van der Waals surface area contributed by atoms with Gasteiger partial charge in [0.1, 0.15) is 6.04 Å². The number of ether oxygens (including phenoxy) is 2. The molecular formula is C9H13BrN2O2. The average Bonchev–Trinajstić information content (AvgIpc) is 2.53. The maximum atomic E-state index is 5.40. The van der Waals surface area contributed by atoms with Crippen molar-refractivity contribution in [1.29, 1.82) is 0 Å². The Bertz CT molecular complexity index is 317. The second kappa shape index (κ2) is 3.64. The van der Waals surface area contributed by atoms with E-state index in [-0.39, 0.29) is 6.04 Å². The van der Waals surface area contributed by atoms with E-state index in [0.29, 0.717) is 0 Å². The molecule has 1 heterocycles. The first-order valence-electron chi connectivity index (χ1n) is 4.52. The molecule has 0 spiro atoms. The molecule has 2 rings (SSSR count). The van der Waals surface area contributed by atoms with Crippen molar-refractivity contribution in [1.82, 2.24) is 9.78 Å². The Morgan fingerprint density at radius 2 is 2.29 bits per heavy atom. The van der Waals surface area contributed by atoms with Crippen molar-refractivity contribution < 1.29 is 9.47 Å². The number of aromatic nitrogens is 2. The van der Waals surface area contributed by atoms with Gasteiger partial charge in [-0.1, -0.05) is 0 Å². The minimum Gasteiger partial charge on any atom is -0.351 e. The van der Waals surface area contributed by atoms with Crippen molar-refractivity contribution in [3.05, 3.63) is 16.9 Å². The minimum absolute atomic E-state index is 0.184. The van der Waals surface area contributed by atoms with E-state index in [1.807, 2.05) is 10.9 Å². The van der Waals surface area contributed by atoms with Crippen LogP contribution in [0.25, 0.3) is 0 Å². The zero-order valence-electron chi connectivity index (χ0n) is 8.24. The first kappa shape index (κ1) is 10.1. The van der Waals surface area contributed by atoms with Gasteiger partial charge in [0.15, 0.2) is 5.79 Å². The van der Waals surface area contributed by atoms with Gasteiger partial charge in [-0.05, 0) is 22.4 Å². The molecule has 0 amide bonds. The summed E-state index contributed by atoms with van der Waals surface area (Å²) in [6, 6.07) is 0.184. The third-order valence-corrected chi connectivity index (χ3v) is 3.26. The van der Waals surface area contributed by atoms with Crippen molar-refractivity contribution in [3.8, 4) is 0 Å². The van der Waals surface area contributed by atoms with Crippen molar-refractivity contribution in [2.24, 2.45) is 0 Å². The highest BCUT2D eigenvalue weighted by Gasteiger charge is 2.49. The summed E-state index contributed by atoms with van der Waals surface area (Å²) in [6.45, 7) is 0. The second-order valence-corrected chi connectivity index (χ2v) is 4.33. The van der Waals surface area contributed by atoms with Gasteiger partial charge in [0.05, 0.1) is 10.7 Å². The van der Waals surface area contributed by atoms with Crippen LogP contribution in [0.4, 0.5) is 0 Å². The van der Waals surface area contributed by atoms with Crippen molar-refractivity contribution in [3.63, 3.8) is 0 Å². The summed E-state index contributed by atoms with van der Waals surface area (Å²) in [7, 11) is 3.35. The molecule has 1 aliphatic carbocycles.